The first-order chi connectivity index (χ1) is 17.9. The van der Waals surface area contributed by atoms with E-state index in [1.54, 1.807) is 34.5 Å². The maximum atomic E-state index is 13.8. The average molecular weight is 515 g/mol. The summed E-state index contributed by atoms with van der Waals surface area (Å²) in [6.45, 7) is 7.84. The van der Waals surface area contributed by atoms with Crippen LogP contribution in [0, 0.1) is 0 Å². The van der Waals surface area contributed by atoms with Crippen LogP contribution >= 0.6 is 0 Å². The van der Waals surface area contributed by atoms with Crippen LogP contribution in [0.5, 0.6) is 23.0 Å². The molecule has 0 saturated heterocycles. The zero-order valence-electron chi connectivity index (χ0n) is 23.1. The number of aliphatic imine (C=N–C) groups is 1. The van der Waals surface area contributed by atoms with E-state index in [2.05, 4.69) is 0 Å². The normalized spacial score (nSPS) is 16.6. The third-order valence-electron chi connectivity index (χ3n) is 5.63. The fourth-order valence-corrected chi connectivity index (χ4v) is 3.93. The largest absolute Gasteiger partial charge is 0.497 e. The smallest absolute Gasteiger partial charge is 0.294 e. The Bertz CT molecular complexity index is 1060. The van der Waals surface area contributed by atoms with Crippen molar-refractivity contribution in [3.05, 3.63) is 71.5 Å². The predicted octanol–water partition coefficient (Wildman–Crippen LogP) is 6.32. The maximum Gasteiger partial charge on any atom is 0.294 e. The SMILES string of the molecule is C/C=C/[C@]1(C)C=C(CF)OC(N(Cc2ccc(OC)cc2OC)Cc2ccc(OC)cc2OC)=N1.CC. The molecule has 0 fully saturated rings. The summed E-state index contributed by atoms with van der Waals surface area (Å²) in [5.74, 6) is 2.89. The first-order valence-corrected chi connectivity index (χ1v) is 12.2. The van der Waals surface area contributed by atoms with E-state index < -0.39 is 12.2 Å². The molecule has 0 radical (unpaired) electrons. The Kier molecular flexibility index (Phi) is 11.3. The molecular weight excluding hydrogens is 475 g/mol. The second-order valence-electron chi connectivity index (χ2n) is 8.18. The molecule has 8 heteroatoms. The number of allylic oxidation sites excluding steroid dienone is 2. The predicted molar refractivity (Wildman–Crippen MR) is 145 cm³/mol. The minimum atomic E-state index is -0.740. The third kappa shape index (κ3) is 7.65. The van der Waals surface area contributed by atoms with E-state index in [-0.39, 0.29) is 5.76 Å². The van der Waals surface area contributed by atoms with Gasteiger partial charge in [-0.25, -0.2) is 9.38 Å². The van der Waals surface area contributed by atoms with Gasteiger partial charge in [0.15, 0.2) is 0 Å². The van der Waals surface area contributed by atoms with Crippen LogP contribution in [-0.2, 0) is 17.8 Å². The van der Waals surface area contributed by atoms with Crippen LogP contribution < -0.4 is 18.9 Å². The molecule has 37 heavy (non-hydrogen) atoms. The molecule has 3 rings (SSSR count). The number of amidine groups is 1. The van der Waals surface area contributed by atoms with Gasteiger partial charge in [0.05, 0.1) is 41.5 Å². The summed E-state index contributed by atoms with van der Waals surface area (Å²) in [6.07, 6.45) is 5.49. The van der Waals surface area contributed by atoms with Crippen LogP contribution in [0.25, 0.3) is 0 Å². The molecule has 0 aliphatic carbocycles. The van der Waals surface area contributed by atoms with Crippen molar-refractivity contribution in [3.63, 3.8) is 0 Å². The van der Waals surface area contributed by atoms with Crippen molar-refractivity contribution in [2.45, 2.75) is 46.3 Å². The fraction of sp³-hybridized carbons (Fsp3) is 0.414. The molecule has 0 saturated carbocycles. The minimum Gasteiger partial charge on any atom is -0.497 e. The molecule has 0 amide bonds. The van der Waals surface area contributed by atoms with Gasteiger partial charge in [-0.2, -0.15) is 0 Å². The van der Waals surface area contributed by atoms with E-state index in [1.807, 2.05) is 81.1 Å². The van der Waals surface area contributed by atoms with Crippen molar-refractivity contribution in [2.75, 3.05) is 35.1 Å². The average Bonchev–Trinajstić information content (AvgIpc) is 2.93. The van der Waals surface area contributed by atoms with Crippen molar-refractivity contribution >= 4 is 6.02 Å². The highest BCUT2D eigenvalue weighted by Crippen LogP contribution is 2.31. The molecule has 0 bridgehead atoms. The number of hydrogen-bond acceptors (Lipinski definition) is 7. The molecule has 1 aliphatic rings. The summed E-state index contributed by atoms with van der Waals surface area (Å²) >= 11 is 0. The van der Waals surface area contributed by atoms with Crippen molar-refractivity contribution in [2.24, 2.45) is 4.99 Å². The Balaban J connectivity index is 0.00000235. The van der Waals surface area contributed by atoms with Crippen LogP contribution in [0.4, 0.5) is 4.39 Å². The molecule has 0 N–H and O–H groups in total. The van der Waals surface area contributed by atoms with Crippen molar-refractivity contribution < 1.29 is 28.1 Å². The summed E-state index contributed by atoms with van der Waals surface area (Å²) in [7, 11) is 6.43. The Morgan fingerprint density at radius 3 is 1.81 bits per heavy atom. The van der Waals surface area contributed by atoms with E-state index in [9.17, 15) is 4.39 Å². The van der Waals surface area contributed by atoms with E-state index in [4.69, 9.17) is 28.7 Å². The number of alkyl halides is 1. The monoisotopic (exact) mass is 514 g/mol. The Hall–Kier alpha value is -3.68. The number of benzene rings is 2. The van der Waals surface area contributed by atoms with Crippen LogP contribution in [-0.4, -0.2) is 51.6 Å². The van der Waals surface area contributed by atoms with E-state index in [0.717, 1.165) is 11.1 Å². The Morgan fingerprint density at radius 2 is 1.41 bits per heavy atom. The maximum absolute atomic E-state index is 13.8. The van der Waals surface area contributed by atoms with Crippen LogP contribution in [0.2, 0.25) is 0 Å². The second-order valence-corrected chi connectivity index (χ2v) is 8.18. The van der Waals surface area contributed by atoms with E-state index in [0.29, 0.717) is 42.1 Å². The van der Waals surface area contributed by atoms with Gasteiger partial charge in [0, 0.05) is 23.3 Å². The lowest BCUT2D eigenvalue weighted by atomic mass is 10.0. The van der Waals surface area contributed by atoms with Gasteiger partial charge < -0.3 is 28.6 Å². The lowest BCUT2D eigenvalue weighted by Crippen LogP contribution is -2.38. The number of nitrogens with zero attached hydrogens (tertiary/aromatic N) is 2. The van der Waals surface area contributed by atoms with Gasteiger partial charge in [-0.05, 0) is 44.2 Å². The number of rotatable bonds is 10. The number of halogens is 1. The molecule has 1 aliphatic heterocycles. The van der Waals surface area contributed by atoms with Gasteiger partial charge in [-0.3, -0.25) is 0 Å². The van der Waals surface area contributed by atoms with Gasteiger partial charge in [-0.1, -0.05) is 26.0 Å². The topological polar surface area (TPSA) is 61.8 Å². The molecule has 2 aromatic carbocycles. The van der Waals surface area contributed by atoms with Gasteiger partial charge >= 0.3 is 0 Å². The first kappa shape index (κ1) is 29.5. The lowest BCUT2D eigenvalue weighted by molar-refractivity contribution is 0.239. The van der Waals surface area contributed by atoms with Gasteiger partial charge in [0.25, 0.3) is 6.02 Å². The highest BCUT2D eigenvalue weighted by atomic mass is 19.1. The van der Waals surface area contributed by atoms with Crippen molar-refractivity contribution in [1.29, 1.82) is 0 Å². The van der Waals surface area contributed by atoms with Gasteiger partial charge in [-0.15, -0.1) is 0 Å². The summed E-state index contributed by atoms with van der Waals surface area (Å²) in [5.41, 5.74) is 1.03. The highest BCUT2D eigenvalue weighted by Gasteiger charge is 2.29. The number of ether oxygens (including phenoxy) is 5. The Labute approximate surface area is 220 Å². The molecule has 7 nitrogen and oxygen atoms in total. The lowest BCUT2D eigenvalue weighted by Gasteiger charge is -2.33. The van der Waals surface area contributed by atoms with Crippen LogP contribution in [0.3, 0.4) is 0 Å². The van der Waals surface area contributed by atoms with Gasteiger partial charge in [0.2, 0.25) is 0 Å². The fourth-order valence-electron chi connectivity index (χ4n) is 3.93. The zero-order valence-corrected chi connectivity index (χ0v) is 23.1. The first-order valence-electron chi connectivity index (χ1n) is 12.2. The standard InChI is InChI=1S/C27H33FN2O5.C2H6/c1-7-12-27(2)15-23(16-28)35-26(29-27)30(17-19-8-10-21(31-3)13-24(19)33-5)18-20-9-11-22(32-4)14-25(20)34-6;1-2/h7-15H,16-18H2,1-6H3;1-2H3/b12-7+;/t27-;/m1./s1. The van der Waals surface area contributed by atoms with Crippen molar-refractivity contribution in [1.82, 2.24) is 4.90 Å². The molecule has 202 valence electrons. The summed E-state index contributed by atoms with van der Waals surface area (Å²) in [6, 6.07) is 11.5. The van der Waals surface area contributed by atoms with Gasteiger partial charge in [0.1, 0.15) is 41.0 Å². The molecule has 1 heterocycles. The third-order valence-corrected chi connectivity index (χ3v) is 5.63. The van der Waals surface area contributed by atoms with Crippen molar-refractivity contribution in [3.8, 4) is 23.0 Å². The quantitative estimate of drug-likeness (QED) is 0.346. The highest BCUT2D eigenvalue weighted by molar-refractivity contribution is 5.77. The molecule has 0 aromatic heterocycles. The zero-order chi connectivity index (χ0) is 27.4. The summed E-state index contributed by atoms with van der Waals surface area (Å²) in [4.78, 5) is 6.76. The number of methoxy groups -OCH3 is 4. The molecule has 1 atom stereocenters. The summed E-state index contributed by atoms with van der Waals surface area (Å²) in [5, 5.41) is 0. The van der Waals surface area contributed by atoms with Crippen LogP contribution in [0.1, 0.15) is 38.8 Å². The second kappa shape index (κ2) is 14.2. The van der Waals surface area contributed by atoms with E-state index in [1.165, 1.54) is 0 Å². The molecule has 2 aromatic rings. The van der Waals surface area contributed by atoms with E-state index >= 15 is 0 Å². The molecular formula is C29H39FN2O5. The Morgan fingerprint density at radius 1 is 0.892 bits per heavy atom. The summed E-state index contributed by atoms with van der Waals surface area (Å²) < 4.78 is 41.6. The van der Waals surface area contributed by atoms with Crippen LogP contribution in [0.15, 0.2) is 65.4 Å². The molecule has 0 spiro atoms. The minimum absolute atomic E-state index is 0.212. The number of hydrogen-bond donors (Lipinski definition) is 0. The molecule has 0 unspecified atom stereocenters.